The Morgan fingerprint density at radius 3 is 2.55 bits per heavy atom. The van der Waals surface area contributed by atoms with Crippen molar-refractivity contribution >= 4 is 34.0 Å². The largest absolute Gasteiger partial charge is 0.422 e. The molecule has 0 saturated heterocycles. The first kappa shape index (κ1) is 13.0. The van der Waals surface area contributed by atoms with Crippen molar-refractivity contribution in [3.8, 4) is 0 Å². The Morgan fingerprint density at radius 2 is 1.73 bits per heavy atom. The van der Waals surface area contributed by atoms with Gasteiger partial charge in [-0.15, -0.1) is 0 Å². The molecule has 2 aromatic carbocycles. The van der Waals surface area contributed by atoms with Gasteiger partial charge in [0.25, 0.3) is 0 Å². The number of fused-ring (bicyclic) bond motifs is 3. The third kappa shape index (κ3) is 1.98. The molecule has 4 rings (SSSR count). The topological polar surface area (TPSA) is 54.3 Å². The van der Waals surface area contributed by atoms with Gasteiger partial charge in [0.1, 0.15) is 5.58 Å². The van der Waals surface area contributed by atoms with Crippen molar-refractivity contribution in [3.63, 3.8) is 0 Å². The quantitative estimate of drug-likeness (QED) is 0.534. The summed E-state index contributed by atoms with van der Waals surface area (Å²) in [6.45, 7) is 0. The lowest BCUT2D eigenvalue weighted by molar-refractivity contribution is 0.539. The number of hydrogen-bond donors (Lipinski definition) is 2. The van der Waals surface area contributed by atoms with Gasteiger partial charge >= 0.3 is 5.63 Å². The Labute approximate surface area is 131 Å². The third-order valence-electron chi connectivity index (χ3n) is 3.78. The lowest BCUT2D eigenvalue weighted by Gasteiger charge is -2.29. The number of benzene rings is 2. The molecule has 22 heavy (non-hydrogen) atoms. The first-order valence-electron chi connectivity index (χ1n) is 6.92. The van der Waals surface area contributed by atoms with Crippen LogP contribution in [0.1, 0.15) is 17.2 Å². The van der Waals surface area contributed by atoms with E-state index >= 15 is 0 Å². The average molecular weight is 308 g/mol. The third-order valence-corrected chi connectivity index (χ3v) is 4.00. The van der Waals surface area contributed by atoms with Gasteiger partial charge < -0.3 is 15.1 Å². The van der Waals surface area contributed by atoms with Gasteiger partial charge in [-0.1, -0.05) is 42.5 Å². The van der Waals surface area contributed by atoms with E-state index in [4.69, 9.17) is 16.6 Å². The Balaban J connectivity index is 2.04. The van der Waals surface area contributed by atoms with Crippen LogP contribution >= 0.6 is 12.2 Å². The molecular weight excluding hydrogens is 296 g/mol. The number of hydrogen-bond acceptors (Lipinski definition) is 3. The highest BCUT2D eigenvalue weighted by atomic mass is 32.1. The number of rotatable bonds is 1. The summed E-state index contributed by atoms with van der Waals surface area (Å²) >= 11 is 5.31. The van der Waals surface area contributed by atoms with Gasteiger partial charge in [-0.3, -0.25) is 0 Å². The number of thiocarbonyl (C=S) groups is 1. The zero-order valence-electron chi connectivity index (χ0n) is 11.5. The second kappa shape index (κ2) is 4.96. The van der Waals surface area contributed by atoms with E-state index in [0.29, 0.717) is 16.3 Å². The normalized spacial score (nSPS) is 16.7. The van der Waals surface area contributed by atoms with Crippen LogP contribution in [0.3, 0.4) is 0 Å². The van der Waals surface area contributed by atoms with Crippen molar-refractivity contribution in [2.24, 2.45) is 0 Å². The Hall–Kier alpha value is -2.66. The molecule has 1 atom stereocenters. The number of para-hydroxylation sites is 1. The van der Waals surface area contributed by atoms with Crippen LogP contribution in [-0.2, 0) is 0 Å². The maximum absolute atomic E-state index is 12.5. The molecule has 0 bridgehead atoms. The summed E-state index contributed by atoms with van der Waals surface area (Å²) in [6, 6.07) is 16.9. The fourth-order valence-electron chi connectivity index (χ4n) is 2.81. The van der Waals surface area contributed by atoms with Gasteiger partial charge in [0.2, 0.25) is 0 Å². The van der Waals surface area contributed by atoms with Crippen LogP contribution in [0.15, 0.2) is 63.8 Å². The van der Waals surface area contributed by atoms with Crippen LogP contribution in [0.2, 0.25) is 0 Å². The molecule has 1 unspecified atom stereocenters. The molecule has 5 heteroatoms. The van der Waals surface area contributed by atoms with Gasteiger partial charge in [0, 0.05) is 5.39 Å². The Kier molecular flexibility index (Phi) is 2.94. The van der Waals surface area contributed by atoms with E-state index in [1.807, 2.05) is 48.5 Å². The van der Waals surface area contributed by atoms with E-state index in [2.05, 4.69) is 10.6 Å². The Bertz CT molecular complexity index is 934. The number of anilines is 1. The van der Waals surface area contributed by atoms with Gasteiger partial charge in [-0.05, 0) is 29.9 Å². The molecule has 2 N–H and O–H groups in total. The molecule has 3 aromatic rings. The number of nitrogens with one attached hydrogen (secondary N) is 2. The van der Waals surface area contributed by atoms with E-state index in [1.165, 1.54) is 0 Å². The van der Waals surface area contributed by atoms with Crippen LogP contribution in [0.25, 0.3) is 11.0 Å². The van der Waals surface area contributed by atoms with Gasteiger partial charge in [-0.25, -0.2) is 4.79 Å². The predicted octanol–water partition coefficient (Wildman–Crippen LogP) is 3.18. The molecule has 0 fully saturated rings. The van der Waals surface area contributed by atoms with Crippen molar-refractivity contribution in [1.29, 1.82) is 0 Å². The highest BCUT2D eigenvalue weighted by molar-refractivity contribution is 7.80. The summed E-state index contributed by atoms with van der Waals surface area (Å²) in [4.78, 5) is 12.5. The second-order valence-corrected chi connectivity index (χ2v) is 5.52. The molecule has 0 amide bonds. The first-order valence-corrected chi connectivity index (χ1v) is 7.33. The summed E-state index contributed by atoms with van der Waals surface area (Å²) < 4.78 is 5.47. The van der Waals surface area contributed by atoms with Gasteiger partial charge in [-0.2, -0.15) is 0 Å². The minimum Gasteiger partial charge on any atom is -0.422 e. The van der Waals surface area contributed by atoms with Gasteiger partial charge in [0.15, 0.2) is 5.11 Å². The Morgan fingerprint density at radius 1 is 1.00 bits per heavy atom. The van der Waals surface area contributed by atoms with E-state index < -0.39 is 0 Å². The maximum Gasteiger partial charge on any atom is 0.344 e. The molecule has 1 aromatic heterocycles. The van der Waals surface area contributed by atoms with Crippen LogP contribution in [0.5, 0.6) is 0 Å². The van der Waals surface area contributed by atoms with Crippen molar-refractivity contribution in [1.82, 2.24) is 5.32 Å². The molecule has 2 heterocycles. The summed E-state index contributed by atoms with van der Waals surface area (Å²) in [7, 11) is 0. The minimum absolute atomic E-state index is 0.314. The summed E-state index contributed by atoms with van der Waals surface area (Å²) in [6.07, 6.45) is 0. The molecule has 0 aliphatic carbocycles. The lowest BCUT2D eigenvalue weighted by atomic mass is 9.96. The first-order chi connectivity index (χ1) is 10.7. The molecule has 0 radical (unpaired) electrons. The lowest BCUT2D eigenvalue weighted by Crippen LogP contribution is -2.40. The zero-order chi connectivity index (χ0) is 15.1. The van der Waals surface area contributed by atoms with Crippen LogP contribution in [0, 0.1) is 0 Å². The molecule has 1 aliphatic rings. The van der Waals surface area contributed by atoms with Crippen molar-refractivity contribution < 1.29 is 4.42 Å². The predicted molar refractivity (Wildman–Crippen MR) is 90.1 cm³/mol. The van der Waals surface area contributed by atoms with Crippen molar-refractivity contribution in [3.05, 3.63) is 76.1 Å². The van der Waals surface area contributed by atoms with E-state index in [-0.39, 0.29) is 11.7 Å². The summed E-state index contributed by atoms with van der Waals surface area (Å²) in [5, 5.41) is 7.60. The highest BCUT2D eigenvalue weighted by Crippen LogP contribution is 2.34. The smallest absolute Gasteiger partial charge is 0.344 e. The van der Waals surface area contributed by atoms with E-state index in [0.717, 1.165) is 16.6 Å². The molecule has 0 spiro atoms. The second-order valence-electron chi connectivity index (χ2n) is 5.12. The van der Waals surface area contributed by atoms with Crippen LogP contribution < -0.4 is 16.3 Å². The van der Waals surface area contributed by atoms with E-state index in [9.17, 15) is 4.79 Å². The summed E-state index contributed by atoms with van der Waals surface area (Å²) in [5.41, 5.74) is 2.44. The zero-order valence-corrected chi connectivity index (χ0v) is 12.3. The average Bonchev–Trinajstić information content (AvgIpc) is 2.55. The molecule has 4 nitrogen and oxygen atoms in total. The molecule has 1 aliphatic heterocycles. The fourth-order valence-corrected chi connectivity index (χ4v) is 3.03. The van der Waals surface area contributed by atoms with E-state index in [1.54, 1.807) is 6.07 Å². The standard InChI is InChI=1S/C17H12N2O2S/c20-16-13-14(10-6-2-1-3-7-10)18-17(22)19-15(13)11-8-4-5-9-12(11)21-16/h1-9,14H,(H2,18,19,22). The van der Waals surface area contributed by atoms with Crippen LogP contribution in [0.4, 0.5) is 5.69 Å². The van der Waals surface area contributed by atoms with Gasteiger partial charge in [0.05, 0.1) is 17.3 Å². The van der Waals surface area contributed by atoms with Crippen molar-refractivity contribution in [2.75, 3.05) is 5.32 Å². The van der Waals surface area contributed by atoms with Crippen LogP contribution in [-0.4, -0.2) is 5.11 Å². The summed E-state index contributed by atoms with van der Waals surface area (Å²) in [5.74, 6) is 0. The highest BCUT2D eigenvalue weighted by Gasteiger charge is 2.29. The fraction of sp³-hybridized carbons (Fsp3) is 0.0588. The van der Waals surface area contributed by atoms with Crippen molar-refractivity contribution in [2.45, 2.75) is 6.04 Å². The maximum atomic E-state index is 12.5. The molecule has 108 valence electrons. The minimum atomic E-state index is -0.356. The monoisotopic (exact) mass is 308 g/mol. The SMILES string of the molecule is O=c1oc2ccccc2c2c1C(c1ccccc1)NC(=S)N2. The molecular formula is C17H12N2O2S. The molecule has 0 saturated carbocycles.